The lowest BCUT2D eigenvalue weighted by Crippen LogP contribution is -2.52. The van der Waals surface area contributed by atoms with Crippen molar-refractivity contribution in [3.05, 3.63) is 28.8 Å². The Labute approximate surface area is 121 Å². The van der Waals surface area contributed by atoms with E-state index in [1.165, 1.54) is 11.3 Å². The van der Waals surface area contributed by atoms with Crippen LogP contribution in [0.2, 0.25) is 5.02 Å². The second-order valence-corrected chi connectivity index (χ2v) is 5.61. The summed E-state index contributed by atoms with van der Waals surface area (Å²) in [6.07, 6.45) is 0.845. The smallest absolute Gasteiger partial charge is 0.0459 e. The van der Waals surface area contributed by atoms with E-state index < -0.39 is 0 Å². The highest BCUT2D eigenvalue weighted by Crippen LogP contribution is 2.29. The van der Waals surface area contributed by atoms with Gasteiger partial charge in [-0.3, -0.25) is 4.90 Å². The summed E-state index contributed by atoms with van der Waals surface area (Å²) in [7, 11) is 0. The molecule has 0 amide bonds. The first kappa shape index (κ1) is 14.6. The van der Waals surface area contributed by atoms with Gasteiger partial charge in [-0.2, -0.15) is 0 Å². The zero-order valence-electron chi connectivity index (χ0n) is 11.9. The normalized spacial score (nSPS) is 20.8. The van der Waals surface area contributed by atoms with Crippen LogP contribution in [0.15, 0.2) is 18.2 Å². The number of nitrogens with two attached hydrogens (primary N) is 1. The fraction of sp³-hybridized carbons (Fsp3) is 0.600. The molecule has 1 aliphatic heterocycles. The Morgan fingerprint density at radius 1 is 1.37 bits per heavy atom. The molecule has 0 saturated carbocycles. The van der Waals surface area contributed by atoms with E-state index in [-0.39, 0.29) is 0 Å². The molecule has 0 spiro atoms. The predicted octanol–water partition coefficient (Wildman–Crippen LogP) is 2.37. The summed E-state index contributed by atoms with van der Waals surface area (Å²) in [5.74, 6) is 0. The van der Waals surface area contributed by atoms with Gasteiger partial charge in [0.15, 0.2) is 0 Å². The number of likely N-dealkylation sites (N-methyl/N-ethyl adjacent to an activating group) is 1. The highest BCUT2D eigenvalue weighted by molar-refractivity contribution is 6.31. The number of nitrogens with zero attached hydrogens (tertiary/aromatic N) is 2. The fourth-order valence-electron chi connectivity index (χ4n) is 2.92. The number of benzene rings is 1. The molecule has 3 nitrogen and oxygen atoms in total. The summed E-state index contributed by atoms with van der Waals surface area (Å²) in [4.78, 5) is 4.97. The molecular weight excluding hydrogens is 258 g/mol. The van der Waals surface area contributed by atoms with E-state index in [2.05, 4.69) is 29.7 Å². The standard InChI is InChI=1S/C15H24ClN3/c1-3-18-9-10-19(11-12(18)2)15-6-4-5-14(16)13(15)7-8-17/h4-6,12H,3,7-11,17H2,1-2H3. The van der Waals surface area contributed by atoms with Crippen LogP contribution in [0.1, 0.15) is 19.4 Å². The Balaban J connectivity index is 2.20. The third-order valence-corrected chi connectivity index (χ3v) is 4.35. The molecule has 0 radical (unpaired) electrons. The first-order valence-corrected chi connectivity index (χ1v) is 7.51. The molecule has 2 N–H and O–H groups in total. The van der Waals surface area contributed by atoms with Crippen LogP contribution < -0.4 is 10.6 Å². The zero-order chi connectivity index (χ0) is 13.8. The molecule has 1 unspecified atom stereocenters. The van der Waals surface area contributed by atoms with Crippen LogP contribution in [0, 0.1) is 0 Å². The highest BCUT2D eigenvalue weighted by atomic mass is 35.5. The van der Waals surface area contributed by atoms with Gasteiger partial charge in [-0.25, -0.2) is 0 Å². The SMILES string of the molecule is CCN1CCN(c2cccc(Cl)c2CCN)CC1C. The number of hydrogen-bond acceptors (Lipinski definition) is 3. The molecule has 1 heterocycles. The number of halogens is 1. The van der Waals surface area contributed by atoms with Crippen LogP contribution in [0.4, 0.5) is 5.69 Å². The molecule has 0 bridgehead atoms. The average Bonchev–Trinajstić information content (AvgIpc) is 2.41. The topological polar surface area (TPSA) is 32.5 Å². The maximum absolute atomic E-state index is 6.33. The molecule has 1 fully saturated rings. The van der Waals surface area contributed by atoms with E-state index in [0.29, 0.717) is 12.6 Å². The van der Waals surface area contributed by atoms with E-state index in [1.54, 1.807) is 0 Å². The lowest BCUT2D eigenvalue weighted by Gasteiger charge is -2.41. The van der Waals surface area contributed by atoms with Crippen molar-refractivity contribution in [2.24, 2.45) is 5.73 Å². The van der Waals surface area contributed by atoms with E-state index in [0.717, 1.165) is 37.6 Å². The third-order valence-electron chi connectivity index (χ3n) is 4.00. The Morgan fingerprint density at radius 3 is 2.79 bits per heavy atom. The van der Waals surface area contributed by atoms with Crippen molar-refractivity contribution < 1.29 is 0 Å². The van der Waals surface area contributed by atoms with Gasteiger partial charge in [-0.1, -0.05) is 24.6 Å². The van der Waals surface area contributed by atoms with Crippen molar-refractivity contribution in [1.29, 1.82) is 0 Å². The Hall–Kier alpha value is -0.770. The van der Waals surface area contributed by atoms with Gasteiger partial charge in [0, 0.05) is 36.4 Å². The molecule has 4 heteroatoms. The van der Waals surface area contributed by atoms with Gasteiger partial charge >= 0.3 is 0 Å². The second-order valence-electron chi connectivity index (χ2n) is 5.20. The molecule has 2 rings (SSSR count). The lowest BCUT2D eigenvalue weighted by atomic mass is 10.1. The largest absolute Gasteiger partial charge is 0.368 e. The van der Waals surface area contributed by atoms with Gasteiger partial charge in [0.2, 0.25) is 0 Å². The monoisotopic (exact) mass is 281 g/mol. The van der Waals surface area contributed by atoms with Crippen molar-refractivity contribution in [3.63, 3.8) is 0 Å². The Kier molecular flexibility index (Phi) is 5.08. The molecule has 1 aromatic carbocycles. The number of piperazine rings is 1. The van der Waals surface area contributed by atoms with Gasteiger partial charge in [-0.05, 0) is 44.1 Å². The van der Waals surface area contributed by atoms with Gasteiger partial charge < -0.3 is 10.6 Å². The third kappa shape index (κ3) is 3.22. The number of rotatable bonds is 4. The van der Waals surface area contributed by atoms with Crippen LogP contribution in [0.5, 0.6) is 0 Å². The van der Waals surface area contributed by atoms with E-state index >= 15 is 0 Å². The van der Waals surface area contributed by atoms with Gasteiger partial charge in [0.25, 0.3) is 0 Å². The second kappa shape index (κ2) is 6.60. The minimum Gasteiger partial charge on any atom is -0.368 e. The highest BCUT2D eigenvalue weighted by Gasteiger charge is 2.24. The minimum atomic E-state index is 0.587. The summed E-state index contributed by atoms with van der Waals surface area (Å²) < 4.78 is 0. The van der Waals surface area contributed by atoms with E-state index in [1.807, 2.05) is 12.1 Å². The minimum absolute atomic E-state index is 0.587. The van der Waals surface area contributed by atoms with Crippen molar-refractivity contribution in [2.45, 2.75) is 26.3 Å². The zero-order valence-corrected chi connectivity index (χ0v) is 12.7. The van der Waals surface area contributed by atoms with Crippen molar-refractivity contribution >= 4 is 17.3 Å². The fourth-order valence-corrected chi connectivity index (χ4v) is 3.18. The quantitative estimate of drug-likeness (QED) is 0.920. The Morgan fingerprint density at radius 2 is 2.16 bits per heavy atom. The summed E-state index contributed by atoms with van der Waals surface area (Å²) in [5, 5.41) is 0.841. The maximum Gasteiger partial charge on any atom is 0.0459 e. The first-order valence-electron chi connectivity index (χ1n) is 7.13. The van der Waals surface area contributed by atoms with Crippen molar-refractivity contribution in [3.8, 4) is 0 Å². The van der Waals surface area contributed by atoms with Crippen LogP contribution in [0.25, 0.3) is 0 Å². The number of hydrogen-bond donors (Lipinski definition) is 1. The van der Waals surface area contributed by atoms with E-state index in [9.17, 15) is 0 Å². The molecule has 1 atom stereocenters. The summed E-state index contributed by atoms with van der Waals surface area (Å²) in [5.41, 5.74) is 8.18. The van der Waals surface area contributed by atoms with Crippen LogP contribution in [0.3, 0.4) is 0 Å². The van der Waals surface area contributed by atoms with E-state index in [4.69, 9.17) is 17.3 Å². The first-order chi connectivity index (χ1) is 9.17. The lowest BCUT2D eigenvalue weighted by molar-refractivity contribution is 0.199. The maximum atomic E-state index is 6.33. The summed E-state index contributed by atoms with van der Waals surface area (Å²) >= 11 is 6.33. The van der Waals surface area contributed by atoms with Crippen molar-refractivity contribution in [1.82, 2.24) is 4.90 Å². The molecule has 106 valence electrons. The average molecular weight is 282 g/mol. The summed E-state index contributed by atoms with van der Waals surface area (Å²) in [6.45, 7) is 9.53. The molecule has 0 aromatic heterocycles. The molecule has 1 saturated heterocycles. The predicted molar refractivity (Wildman–Crippen MR) is 83.1 cm³/mol. The van der Waals surface area contributed by atoms with Crippen LogP contribution in [-0.2, 0) is 6.42 Å². The number of anilines is 1. The van der Waals surface area contributed by atoms with Gasteiger partial charge in [0.1, 0.15) is 0 Å². The van der Waals surface area contributed by atoms with Crippen LogP contribution >= 0.6 is 11.6 Å². The molecular formula is C15H24ClN3. The molecule has 1 aromatic rings. The van der Waals surface area contributed by atoms with Gasteiger partial charge in [0.05, 0.1) is 0 Å². The summed E-state index contributed by atoms with van der Waals surface area (Å²) in [6, 6.07) is 6.75. The molecule has 19 heavy (non-hydrogen) atoms. The van der Waals surface area contributed by atoms with Crippen LogP contribution in [-0.4, -0.2) is 43.7 Å². The molecule has 1 aliphatic rings. The molecule has 0 aliphatic carbocycles. The Bertz CT molecular complexity index is 422. The van der Waals surface area contributed by atoms with Gasteiger partial charge in [-0.15, -0.1) is 0 Å². The van der Waals surface area contributed by atoms with Crippen molar-refractivity contribution in [2.75, 3.05) is 37.6 Å².